The number of nitrogens with zero attached hydrogens (tertiary/aromatic N) is 3. The molecule has 2 atom stereocenters. The third-order valence-corrected chi connectivity index (χ3v) is 5.17. The number of likely N-dealkylation sites (tertiary alicyclic amines) is 1. The lowest BCUT2D eigenvalue weighted by molar-refractivity contribution is -0.152. The Morgan fingerprint density at radius 3 is 3.00 bits per heavy atom. The van der Waals surface area contributed by atoms with E-state index in [1.54, 1.807) is 25.5 Å². The topological polar surface area (TPSA) is 64.4 Å². The highest BCUT2D eigenvalue weighted by molar-refractivity contribution is 5.97. The van der Waals surface area contributed by atoms with Crippen LogP contribution in [-0.2, 0) is 16.0 Å². The average Bonchev–Trinajstić information content (AvgIpc) is 3.16. The van der Waals surface area contributed by atoms with Crippen molar-refractivity contribution in [2.45, 2.75) is 37.8 Å². The van der Waals surface area contributed by atoms with Crippen molar-refractivity contribution >= 4 is 11.9 Å². The van der Waals surface area contributed by atoms with Gasteiger partial charge < -0.3 is 14.2 Å². The number of carbonyl (C=O) groups is 2. The van der Waals surface area contributed by atoms with E-state index >= 15 is 0 Å². The molecule has 1 aromatic heterocycles. The molecule has 1 aromatic carbocycles. The predicted molar refractivity (Wildman–Crippen MR) is 91.0 cm³/mol. The monoisotopic (exact) mass is 339 g/mol. The van der Waals surface area contributed by atoms with E-state index in [0.29, 0.717) is 25.1 Å². The van der Waals surface area contributed by atoms with Crippen molar-refractivity contribution in [3.63, 3.8) is 0 Å². The standard InChI is InChI=1S/C19H21N3O3/c1-19(11-14-5-2-3-7-16(14)17(23)25-19)18(24)21-9-4-6-15(12-21)22-10-8-20-13-22/h2-3,5,7-8,10,13,15H,4,6,9,11-12H2,1H3/t15-,19-/m1/s1. The highest BCUT2D eigenvalue weighted by Crippen LogP contribution is 2.31. The van der Waals surface area contributed by atoms with E-state index < -0.39 is 11.6 Å². The van der Waals surface area contributed by atoms with Crippen molar-refractivity contribution in [3.8, 4) is 0 Å². The van der Waals surface area contributed by atoms with Crippen LogP contribution in [0.4, 0.5) is 0 Å². The van der Waals surface area contributed by atoms with Gasteiger partial charge in [0.1, 0.15) is 0 Å². The van der Waals surface area contributed by atoms with E-state index in [1.165, 1.54) is 0 Å². The van der Waals surface area contributed by atoms with E-state index in [0.717, 1.165) is 18.4 Å². The number of cyclic esters (lactones) is 1. The van der Waals surface area contributed by atoms with Gasteiger partial charge in [-0.05, 0) is 31.4 Å². The minimum Gasteiger partial charge on any atom is -0.445 e. The Morgan fingerprint density at radius 2 is 2.20 bits per heavy atom. The zero-order valence-electron chi connectivity index (χ0n) is 14.2. The van der Waals surface area contributed by atoms with Crippen LogP contribution in [0.3, 0.4) is 0 Å². The van der Waals surface area contributed by atoms with Crippen LogP contribution < -0.4 is 0 Å². The second-order valence-corrected chi connectivity index (χ2v) is 7.01. The third kappa shape index (κ3) is 2.81. The number of piperidine rings is 1. The van der Waals surface area contributed by atoms with Crippen molar-refractivity contribution in [1.82, 2.24) is 14.5 Å². The Kier molecular flexibility index (Phi) is 3.82. The van der Waals surface area contributed by atoms with Crippen LogP contribution in [0, 0.1) is 0 Å². The maximum atomic E-state index is 13.2. The molecule has 3 heterocycles. The smallest absolute Gasteiger partial charge is 0.339 e. The molecule has 2 aliphatic heterocycles. The van der Waals surface area contributed by atoms with E-state index in [4.69, 9.17) is 4.74 Å². The van der Waals surface area contributed by atoms with Crippen molar-refractivity contribution in [2.24, 2.45) is 0 Å². The summed E-state index contributed by atoms with van der Waals surface area (Å²) >= 11 is 0. The van der Waals surface area contributed by atoms with Gasteiger partial charge in [-0.3, -0.25) is 4.79 Å². The number of hydrogen-bond acceptors (Lipinski definition) is 4. The van der Waals surface area contributed by atoms with Crippen LogP contribution in [0.2, 0.25) is 0 Å². The van der Waals surface area contributed by atoms with Crippen molar-refractivity contribution in [2.75, 3.05) is 13.1 Å². The second-order valence-electron chi connectivity index (χ2n) is 7.01. The number of rotatable bonds is 2. The molecule has 6 nitrogen and oxygen atoms in total. The van der Waals surface area contributed by atoms with Crippen LogP contribution in [-0.4, -0.2) is 45.0 Å². The first-order chi connectivity index (χ1) is 12.1. The van der Waals surface area contributed by atoms with Crippen LogP contribution in [0.25, 0.3) is 0 Å². The number of ether oxygens (including phenoxy) is 1. The van der Waals surface area contributed by atoms with Gasteiger partial charge in [-0.25, -0.2) is 9.78 Å². The zero-order valence-corrected chi connectivity index (χ0v) is 14.2. The molecule has 2 aliphatic rings. The molecule has 0 spiro atoms. The first-order valence-corrected chi connectivity index (χ1v) is 8.65. The molecule has 1 saturated heterocycles. The van der Waals surface area contributed by atoms with Crippen molar-refractivity contribution in [3.05, 3.63) is 54.1 Å². The summed E-state index contributed by atoms with van der Waals surface area (Å²) in [6.07, 6.45) is 7.82. The number of imidazole rings is 1. The fraction of sp³-hybridized carbons (Fsp3) is 0.421. The van der Waals surface area contributed by atoms with Gasteiger partial charge in [0, 0.05) is 31.9 Å². The van der Waals surface area contributed by atoms with E-state index in [9.17, 15) is 9.59 Å². The fourth-order valence-corrected chi connectivity index (χ4v) is 3.85. The summed E-state index contributed by atoms with van der Waals surface area (Å²) in [6.45, 7) is 3.03. The number of amides is 1. The van der Waals surface area contributed by atoms with Crippen LogP contribution in [0.15, 0.2) is 43.0 Å². The first kappa shape index (κ1) is 15.9. The van der Waals surface area contributed by atoms with Gasteiger partial charge in [0.25, 0.3) is 5.91 Å². The normalized spacial score (nSPS) is 26.0. The Bertz CT molecular complexity index is 802. The molecule has 1 amide bonds. The van der Waals surface area contributed by atoms with Gasteiger partial charge in [-0.1, -0.05) is 18.2 Å². The molecule has 0 unspecified atom stereocenters. The third-order valence-electron chi connectivity index (χ3n) is 5.17. The van der Waals surface area contributed by atoms with Gasteiger partial charge in [-0.2, -0.15) is 0 Å². The minimum atomic E-state index is -1.14. The maximum Gasteiger partial charge on any atom is 0.339 e. The molecular weight excluding hydrogens is 318 g/mol. The lowest BCUT2D eigenvalue weighted by Crippen LogP contribution is -2.55. The van der Waals surface area contributed by atoms with Crippen LogP contribution in [0.1, 0.15) is 41.7 Å². The molecule has 2 aromatic rings. The first-order valence-electron chi connectivity index (χ1n) is 8.65. The highest BCUT2D eigenvalue weighted by Gasteiger charge is 2.45. The molecular formula is C19H21N3O3. The van der Waals surface area contributed by atoms with Gasteiger partial charge >= 0.3 is 5.97 Å². The summed E-state index contributed by atoms with van der Waals surface area (Å²) in [4.78, 5) is 31.4. The number of benzene rings is 1. The molecule has 0 radical (unpaired) electrons. The summed E-state index contributed by atoms with van der Waals surface area (Å²) in [5, 5.41) is 0. The van der Waals surface area contributed by atoms with Gasteiger partial charge in [0.05, 0.1) is 17.9 Å². The zero-order chi connectivity index (χ0) is 17.4. The van der Waals surface area contributed by atoms with Crippen molar-refractivity contribution < 1.29 is 14.3 Å². The molecule has 0 bridgehead atoms. The lowest BCUT2D eigenvalue weighted by Gasteiger charge is -2.40. The van der Waals surface area contributed by atoms with Crippen LogP contribution >= 0.6 is 0 Å². The van der Waals surface area contributed by atoms with E-state index in [1.807, 2.05) is 33.9 Å². The molecule has 0 N–H and O–H groups in total. The van der Waals surface area contributed by atoms with E-state index in [-0.39, 0.29) is 11.9 Å². The SMILES string of the molecule is C[C@]1(C(=O)N2CCC[C@@H](n3ccnc3)C2)Cc2ccccc2C(=O)O1. The predicted octanol–water partition coefficient (Wildman–Crippen LogP) is 2.22. The Hall–Kier alpha value is -2.63. The number of carbonyl (C=O) groups excluding carboxylic acids is 2. The highest BCUT2D eigenvalue weighted by atomic mass is 16.6. The number of hydrogen-bond donors (Lipinski definition) is 0. The average molecular weight is 339 g/mol. The molecule has 0 aliphatic carbocycles. The number of aromatic nitrogens is 2. The fourth-order valence-electron chi connectivity index (χ4n) is 3.85. The van der Waals surface area contributed by atoms with Gasteiger partial charge in [0.2, 0.25) is 0 Å². The summed E-state index contributed by atoms with van der Waals surface area (Å²) < 4.78 is 7.64. The quantitative estimate of drug-likeness (QED) is 0.787. The molecule has 4 rings (SSSR count). The number of fused-ring (bicyclic) bond motifs is 1. The Balaban J connectivity index is 1.55. The van der Waals surface area contributed by atoms with Gasteiger partial charge in [-0.15, -0.1) is 0 Å². The lowest BCUT2D eigenvalue weighted by atomic mass is 9.88. The van der Waals surface area contributed by atoms with E-state index in [2.05, 4.69) is 4.98 Å². The molecule has 6 heteroatoms. The number of esters is 1. The molecule has 0 saturated carbocycles. The summed E-state index contributed by atoms with van der Waals surface area (Å²) in [5.74, 6) is -0.527. The Morgan fingerprint density at radius 1 is 1.36 bits per heavy atom. The maximum absolute atomic E-state index is 13.2. The molecule has 130 valence electrons. The van der Waals surface area contributed by atoms with Crippen LogP contribution in [0.5, 0.6) is 0 Å². The largest absolute Gasteiger partial charge is 0.445 e. The van der Waals surface area contributed by atoms with Gasteiger partial charge in [0.15, 0.2) is 5.60 Å². The summed E-state index contributed by atoms with van der Waals surface area (Å²) in [5.41, 5.74) is 0.294. The Labute approximate surface area is 146 Å². The minimum absolute atomic E-state index is 0.111. The second kappa shape index (κ2) is 6.02. The summed E-state index contributed by atoms with van der Waals surface area (Å²) in [6, 6.07) is 7.56. The molecule has 25 heavy (non-hydrogen) atoms. The summed E-state index contributed by atoms with van der Waals surface area (Å²) in [7, 11) is 0. The van der Waals surface area contributed by atoms with Crippen molar-refractivity contribution in [1.29, 1.82) is 0 Å². The molecule has 1 fully saturated rings.